The molecule has 0 unspecified atom stereocenters. The molecule has 1 aliphatic heterocycles. The normalized spacial score (nSPS) is 22.1. The van der Waals surface area contributed by atoms with E-state index in [-0.39, 0.29) is 5.41 Å². The summed E-state index contributed by atoms with van der Waals surface area (Å²) in [5, 5.41) is 0. The average Bonchev–Trinajstić information content (AvgIpc) is 1.94. The van der Waals surface area contributed by atoms with Crippen molar-refractivity contribution in [3.05, 3.63) is 12.3 Å². The van der Waals surface area contributed by atoms with Crippen LogP contribution in [-0.2, 0) is 0 Å². The summed E-state index contributed by atoms with van der Waals surface area (Å²) in [6.45, 7) is 6.09. The van der Waals surface area contributed by atoms with E-state index < -0.39 is 0 Å². The van der Waals surface area contributed by atoms with E-state index in [1.54, 1.807) is 0 Å². The predicted molar refractivity (Wildman–Crippen MR) is 44.5 cm³/mol. The molecule has 54 valence electrons. The number of nitrogens with zero attached hydrogens (tertiary/aromatic N) is 2. The Morgan fingerprint density at radius 2 is 2.10 bits per heavy atom. The number of allylic oxidation sites excluding steroid dienone is 1. The molecule has 0 fully saturated rings. The maximum absolute atomic E-state index is 4.14. The molecule has 2 nitrogen and oxygen atoms in total. The van der Waals surface area contributed by atoms with Crippen LogP contribution in [0.4, 0.5) is 0 Å². The highest BCUT2D eigenvalue weighted by molar-refractivity contribution is 5.90. The van der Waals surface area contributed by atoms with Gasteiger partial charge in [0.1, 0.15) is 5.84 Å². The standard InChI is InChI=1S/C8H12N2/c1-7-9-5-4-8(2,3)6-10-7/h4-6H,1-3H3. The Hall–Kier alpha value is -0.920. The molecule has 0 saturated carbocycles. The summed E-state index contributed by atoms with van der Waals surface area (Å²) >= 11 is 0. The molecule has 0 N–H and O–H groups in total. The fraction of sp³-hybridized carbons (Fsp3) is 0.500. The van der Waals surface area contributed by atoms with E-state index in [2.05, 4.69) is 23.8 Å². The maximum Gasteiger partial charge on any atom is 0.124 e. The lowest BCUT2D eigenvalue weighted by molar-refractivity contribution is 0.694. The van der Waals surface area contributed by atoms with Crippen molar-refractivity contribution in [3.63, 3.8) is 0 Å². The van der Waals surface area contributed by atoms with E-state index in [1.165, 1.54) is 0 Å². The highest BCUT2D eigenvalue weighted by Gasteiger charge is 2.10. The van der Waals surface area contributed by atoms with Crippen molar-refractivity contribution in [3.8, 4) is 0 Å². The molecule has 1 rings (SSSR count). The van der Waals surface area contributed by atoms with E-state index in [0.717, 1.165) is 5.84 Å². The van der Waals surface area contributed by atoms with Crippen LogP contribution in [0.25, 0.3) is 0 Å². The number of aliphatic imine (C=N–C) groups is 2. The Morgan fingerprint density at radius 1 is 1.40 bits per heavy atom. The van der Waals surface area contributed by atoms with Gasteiger partial charge in [-0.3, -0.25) is 0 Å². The van der Waals surface area contributed by atoms with Gasteiger partial charge in [0.05, 0.1) is 0 Å². The Morgan fingerprint density at radius 3 is 2.80 bits per heavy atom. The molecule has 0 atom stereocenters. The van der Waals surface area contributed by atoms with Gasteiger partial charge in [0.15, 0.2) is 0 Å². The molecule has 0 aromatic heterocycles. The van der Waals surface area contributed by atoms with E-state index in [4.69, 9.17) is 0 Å². The van der Waals surface area contributed by atoms with Crippen LogP contribution >= 0.6 is 0 Å². The second-order valence-corrected chi connectivity index (χ2v) is 3.07. The van der Waals surface area contributed by atoms with Gasteiger partial charge in [-0.05, 0) is 6.92 Å². The summed E-state index contributed by atoms with van der Waals surface area (Å²) in [4.78, 5) is 8.20. The summed E-state index contributed by atoms with van der Waals surface area (Å²) in [5.41, 5.74) is 0.0568. The lowest BCUT2D eigenvalue weighted by atomic mass is 9.96. The molecule has 0 saturated heterocycles. The van der Waals surface area contributed by atoms with Crippen molar-refractivity contribution in [2.45, 2.75) is 20.8 Å². The van der Waals surface area contributed by atoms with Gasteiger partial charge >= 0.3 is 0 Å². The van der Waals surface area contributed by atoms with Gasteiger partial charge in [-0.15, -0.1) is 0 Å². The quantitative estimate of drug-likeness (QED) is 0.487. The second kappa shape index (κ2) is 2.37. The molecule has 1 heterocycles. The summed E-state index contributed by atoms with van der Waals surface area (Å²) < 4.78 is 0. The van der Waals surface area contributed by atoms with Gasteiger partial charge in [-0.1, -0.05) is 19.9 Å². The van der Waals surface area contributed by atoms with Gasteiger partial charge in [0.25, 0.3) is 0 Å². The molecule has 0 aromatic carbocycles. The van der Waals surface area contributed by atoms with Gasteiger partial charge < -0.3 is 0 Å². The molecular weight excluding hydrogens is 124 g/mol. The van der Waals surface area contributed by atoms with Crippen LogP contribution in [0.15, 0.2) is 22.3 Å². The Labute approximate surface area is 61.4 Å². The number of hydrogen-bond donors (Lipinski definition) is 0. The lowest BCUT2D eigenvalue weighted by Gasteiger charge is -2.10. The topological polar surface area (TPSA) is 24.7 Å². The third kappa shape index (κ3) is 1.79. The highest BCUT2D eigenvalue weighted by Crippen LogP contribution is 2.15. The monoisotopic (exact) mass is 136 g/mol. The predicted octanol–water partition coefficient (Wildman–Crippen LogP) is 2.03. The van der Waals surface area contributed by atoms with Crippen LogP contribution in [0.2, 0.25) is 0 Å². The van der Waals surface area contributed by atoms with E-state index in [0.29, 0.717) is 0 Å². The van der Waals surface area contributed by atoms with Crippen molar-refractivity contribution in [1.29, 1.82) is 0 Å². The Kier molecular flexibility index (Phi) is 1.70. The fourth-order valence-corrected chi connectivity index (χ4v) is 0.673. The van der Waals surface area contributed by atoms with Crippen LogP contribution in [0.3, 0.4) is 0 Å². The highest BCUT2D eigenvalue weighted by atomic mass is 14.9. The second-order valence-electron chi connectivity index (χ2n) is 3.07. The largest absolute Gasteiger partial charge is 0.245 e. The van der Waals surface area contributed by atoms with E-state index >= 15 is 0 Å². The first kappa shape index (κ1) is 7.19. The molecule has 0 radical (unpaired) electrons. The van der Waals surface area contributed by atoms with Crippen LogP contribution in [0.1, 0.15) is 20.8 Å². The van der Waals surface area contributed by atoms with Crippen LogP contribution in [-0.4, -0.2) is 12.1 Å². The first-order chi connectivity index (χ1) is 4.60. The van der Waals surface area contributed by atoms with Crippen LogP contribution in [0.5, 0.6) is 0 Å². The van der Waals surface area contributed by atoms with Gasteiger partial charge in [-0.2, -0.15) is 0 Å². The fourth-order valence-electron chi connectivity index (χ4n) is 0.673. The van der Waals surface area contributed by atoms with E-state index in [1.807, 2.05) is 25.4 Å². The minimum Gasteiger partial charge on any atom is -0.245 e. The molecule has 0 aliphatic carbocycles. The number of rotatable bonds is 0. The molecular formula is C8H12N2. The number of amidine groups is 1. The molecule has 0 bridgehead atoms. The third-order valence-corrected chi connectivity index (χ3v) is 1.35. The van der Waals surface area contributed by atoms with Crippen molar-refractivity contribution in [2.75, 3.05) is 0 Å². The van der Waals surface area contributed by atoms with Gasteiger partial charge in [0, 0.05) is 17.8 Å². The van der Waals surface area contributed by atoms with Crippen molar-refractivity contribution in [2.24, 2.45) is 15.4 Å². The zero-order chi connectivity index (χ0) is 7.61. The first-order valence-corrected chi connectivity index (χ1v) is 3.37. The summed E-state index contributed by atoms with van der Waals surface area (Å²) in [5.74, 6) is 0.821. The Balaban J connectivity index is 2.88. The maximum atomic E-state index is 4.14. The average molecular weight is 136 g/mol. The summed E-state index contributed by atoms with van der Waals surface area (Å²) in [6.07, 6.45) is 5.75. The summed E-state index contributed by atoms with van der Waals surface area (Å²) in [7, 11) is 0. The van der Waals surface area contributed by atoms with Gasteiger partial charge in [0.2, 0.25) is 0 Å². The van der Waals surface area contributed by atoms with Crippen LogP contribution < -0.4 is 0 Å². The molecule has 2 heteroatoms. The molecule has 0 spiro atoms. The van der Waals surface area contributed by atoms with Crippen molar-refractivity contribution in [1.82, 2.24) is 0 Å². The molecule has 10 heavy (non-hydrogen) atoms. The first-order valence-electron chi connectivity index (χ1n) is 3.37. The van der Waals surface area contributed by atoms with E-state index in [9.17, 15) is 0 Å². The third-order valence-electron chi connectivity index (χ3n) is 1.35. The summed E-state index contributed by atoms with van der Waals surface area (Å²) in [6, 6.07) is 0. The molecule has 1 aliphatic rings. The lowest BCUT2D eigenvalue weighted by Crippen LogP contribution is -2.08. The molecule has 0 aromatic rings. The minimum atomic E-state index is 0.0568. The Bertz CT molecular complexity index is 209. The van der Waals surface area contributed by atoms with Crippen molar-refractivity contribution < 1.29 is 0 Å². The minimum absolute atomic E-state index is 0.0568. The SMILES string of the molecule is CC1=NC=CC(C)(C)C=N1. The zero-order valence-electron chi connectivity index (χ0n) is 6.63. The molecule has 0 amide bonds. The van der Waals surface area contributed by atoms with Gasteiger partial charge in [-0.25, -0.2) is 9.98 Å². The van der Waals surface area contributed by atoms with Crippen molar-refractivity contribution >= 4 is 12.1 Å². The zero-order valence-corrected chi connectivity index (χ0v) is 6.63. The van der Waals surface area contributed by atoms with Crippen LogP contribution in [0, 0.1) is 5.41 Å². The smallest absolute Gasteiger partial charge is 0.124 e. The number of hydrogen-bond acceptors (Lipinski definition) is 2.